The third-order valence-corrected chi connectivity index (χ3v) is 3.85. The quantitative estimate of drug-likeness (QED) is 0.848. The lowest BCUT2D eigenvalue weighted by Crippen LogP contribution is -2.52. The molecule has 0 bridgehead atoms. The first-order valence-electron chi connectivity index (χ1n) is 6.99. The van der Waals surface area contributed by atoms with Crippen LogP contribution in [-0.2, 0) is 4.79 Å². The maximum atomic E-state index is 11.8. The van der Waals surface area contributed by atoms with Gasteiger partial charge in [-0.25, -0.2) is 0 Å². The van der Waals surface area contributed by atoms with Gasteiger partial charge in [0.05, 0.1) is 14.2 Å². The number of aliphatic carboxylic acids is 1. The van der Waals surface area contributed by atoms with Gasteiger partial charge in [0.25, 0.3) is 0 Å². The molecular formula is C15H22N2O4. The molecule has 2 rings (SSSR count). The molecule has 0 amide bonds. The summed E-state index contributed by atoms with van der Waals surface area (Å²) < 4.78 is 10.5. The topological polar surface area (TPSA) is 71.0 Å². The van der Waals surface area contributed by atoms with Crippen LogP contribution >= 0.6 is 0 Å². The fraction of sp³-hybridized carbons (Fsp3) is 0.533. The van der Waals surface area contributed by atoms with E-state index in [1.807, 2.05) is 11.8 Å². The molecule has 0 radical (unpaired) electrons. The van der Waals surface area contributed by atoms with E-state index >= 15 is 0 Å². The molecule has 1 fully saturated rings. The van der Waals surface area contributed by atoms with Crippen molar-refractivity contribution < 1.29 is 19.4 Å². The molecule has 0 aliphatic carbocycles. The predicted molar refractivity (Wildman–Crippen MR) is 79.0 cm³/mol. The highest BCUT2D eigenvalue weighted by molar-refractivity contribution is 5.77. The van der Waals surface area contributed by atoms with Crippen molar-refractivity contribution in [3.63, 3.8) is 0 Å². The number of carboxylic acid groups (broad SMARTS) is 1. The molecule has 1 heterocycles. The van der Waals surface area contributed by atoms with Gasteiger partial charge < -0.3 is 19.9 Å². The zero-order valence-electron chi connectivity index (χ0n) is 12.6. The Balaban J connectivity index is 2.40. The number of rotatable bonds is 5. The van der Waals surface area contributed by atoms with Gasteiger partial charge in [-0.05, 0) is 19.1 Å². The first-order chi connectivity index (χ1) is 10.1. The predicted octanol–water partition coefficient (Wildman–Crippen LogP) is 1.12. The molecule has 6 nitrogen and oxygen atoms in total. The highest BCUT2D eigenvalue weighted by Gasteiger charge is 2.34. The van der Waals surface area contributed by atoms with Crippen molar-refractivity contribution >= 4 is 5.97 Å². The van der Waals surface area contributed by atoms with Crippen LogP contribution in [0.5, 0.6) is 11.5 Å². The Hall–Kier alpha value is -1.79. The lowest BCUT2D eigenvalue weighted by molar-refractivity contribution is -0.145. The summed E-state index contributed by atoms with van der Waals surface area (Å²) in [4.78, 5) is 13.8. The molecule has 116 valence electrons. The van der Waals surface area contributed by atoms with Gasteiger partial charge in [0.2, 0.25) is 0 Å². The molecule has 0 aromatic heterocycles. The van der Waals surface area contributed by atoms with Crippen LogP contribution in [0.25, 0.3) is 0 Å². The first-order valence-corrected chi connectivity index (χ1v) is 6.99. The summed E-state index contributed by atoms with van der Waals surface area (Å²) in [7, 11) is 3.11. The number of benzene rings is 1. The number of hydrogen-bond acceptors (Lipinski definition) is 5. The van der Waals surface area contributed by atoms with Gasteiger partial charge in [0.15, 0.2) is 0 Å². The molecule has 1 aliphatic heterocycles. The summed E-state index contributed by atoms with van der Waals surface area (Å²) in [5, 5.41) is 13.0. The van der Waals surface area contributed by atoms with E-state index < -0.39 is 12.0 Å². The van der Waals surface area contributed by atoms with Crippen LogP contribution in [0.2, 0.25) is 0 Å². The number of nitrogens with zero attached hydrogens (tertiary/aromatic N) is 1. The van der Waals surface area contributed by atoms with Crippen LogP contribution in [0.3, 0.4) is 0 Å². The monoisotopic (exact) mass is 294 g/mol. The molecule has 2 unspecified atom stereocenters. The largest absolute Gasteiger partial charge is 0.497 e. The average molecular weight is 294 g/mol. The van der Waals surface area contributed by atoms with Crippen molar-refractivity contribution in [1.29, 1.82) is 0 Å². The van der Waals surface area contributed by atoms with Crippen molar-refractivity contribution in [2.75, 3.05) is 33.9 Å². The molecule has 2 atom stereocenters. The van der Waals surface area contributed by atoms with Gasteiger partial charge in [0.1, 0.15) is 17.5 Å². The average Bonchev–Trinajstić information content (AvgIpc) is 2.49. The summed E-state index contributed by atoms with van der Waals surface area (Å²) in [5.74, 6) is 0.313. The molecule has 1 aromatic carbocycles. The Morgan fingerprint density at radius 3 is 2.76 bits per heavy atom. The number of methoxy groups -OCH3 is 2. The van der Waals surface area contributed by atoms with E-state index in [2.05, 4.69) is 5.32 Å². The van der Waals surface area contributed by atoms with E-state index in [1.54, 1.807) is 32.4 Å². The van der Waals surface area contributed by atoms with Crippen molar-refractivity contribution in [2.45, 2.75) is 19.0 Å². The number of hydrogen-bond donors (Lipinski definition) is 2. The van der Waals surface area contributed by atoms with Gasteiger partial charge in [0, 0.05) is 37.3 Å². The van der Waals surface area contributed by atoms with Crippen molar-refractivity contribution in [2.24, 2.45) is 0 Å². The normalized spacial score (nSPS) is 20.8. The van der Waals surface area contributed by atoms with Crippen LogP contribution in [0.1, 0.15) is 18.5 Å². The third kappa shape index (κ3) is 3.28. The van der Waals surface area contributed by atoms with Gasteiger partial charge in [-0.3, -0.25) is 9.69 Å². The summed E-state index contributed by atoms with van der Waals surface area (Å²) >= 11 is 0. The number of piperazine rings is 1. The lowest BCUT2D eigenvalue weighted by atomic mass is 10.0. The Morgan fingerprint density at radius 1 is 1.43 bits per heavy atom. The Kier molecular flexibility index (Phi) is 5.03. The van der Waals surface area contributed by atoms with Crippen LogP contribution in [0, 0.1) is 0 Å². The second kappa shape index (κ2) is 6.78. The van der Waals surface area contributed by atoms with Gasteiger partial charge in [-0.15, -0.1) is 0 Å². The third-order valence-electron chi connectivity index (χ3n) is 3.85. The Bertz CT molecular complexity index is 506. The van der Waals surface area contributed by atoms with E-state index in [1.165, 1.54) is 0 Å². The molecule has 0 saturated carbocycles. The minimum Gasteiger partial charge on any atom is -0.497 e. The molecule has 0 spiro atoms. The molecule has 1 aliphatic rings. The summed E-state index contributed by atoms with van der Waals surface area (Å²) in [6, 6.07) is 4.68. The number of carbonyl (C=O) groups is 1. The summed E-state index contributed by atoms with van der Waals surface area (Å²) in [6.07, 6.45) is 0. The minimum atomic E-state index is -0.868. The second-order valence-corrected chi connectivity index (χ2v) is 5.14. The van der Waals surface area contributed by atoms with Crippen molar-refractivity contribution in [3.8, 4) is 11.5 Å². The molecule has 6 heteroatoms. The van der Waals surface area contributed by atoms with E-state index in [-0.39, 0.29) is 6.04 Å². The van der Waals surface area contributed by atoms with Crippen molar-refractivity contribution in [3.05, 3.63) is 23.8 Å². The number of carboxylic acids is 1. The maximum Gasteiger partial charge on any atom is 0.325 e. The second-order valence-electron chi connectivity index (χ2n) is 5.14. The zero-order valence-corrected chi connectivity index (χ0v) is 12.6. The number of nitrogens with one attached hydrogen (secondary N) is 1. The lowest BCUT2D eigenvalue weighted by Gasteiger charge is -2.38. The minimum absolute atomic E-state index is 0.145. The van der Waals surface area contributed by atoms with E-state index in [0.717, 1.165) is 13.1 Å². The van der Waals surface area contributed by atoms with Gasteiger partial charge >= 0.3 is 5.97 Å². The van der Waals surface area contributed by atoms with Crippen molar-refractivity contribution in [1.82, 2.24) is 10.2 Å². The Labute approximate surface area is 124 Å². The molecule has 1 saturated heterocycles. The number of ether oxygens (including phenoxy) is 2. The first kappa shape index (κ1) is 15.6. The summed E-state index contributed by atoms with van der Waals surface area (Å²) in [6.45, 7) is 4.28. The molecular weight excluding hydrogens is 272 g/mol. The SMILES string of the molecule is COc1ccc(C(C(=O)O)N2CCNCC2C)c(OC)c1. The fourth-order valence-corrected chi connectivity index (χ4v) is 2.74. The van der Waals surface area contributed by atoms with Crippen LogP contribution < -0.4 is 14.8 Å². The van der Waals surface area contributed by atoms with Crippen LogP contribution in [0.4, 0.5) is 0 Å². The van der Waals surface area contributed by atoms with E-state index in [4.69, 9.17) is 9.47 Å². The highest BCUT2D eigenvalue weighted by atomic mass is 16.5. The van der Waals surface area contributed by atoms with Gasteiger partial charge in [-0.2, -0.15) is 0 Å². The molecule has 2 N–H and O–H groups in total. The van der Waals surface area contributed by atoms with Crippen LogP contribution in [0.15, 0.2) is 18.2 Å². The van der Waals surface area contributed by atoms with E-state index in [9.17, 15) is 9.90 Å². The molecule has 1 aromatic rings. The maximum absolute atomic E-state index is 11.8. The smallest absolute Gasteiger partial charge is 0.325 e. The van der Waals surface area contributed by atoms with Gasteiger partial charge in [-0.1, -0.05) is 0 Å². The molecule has 21 heavy (non-hydrogen) atoms. The Morgan fingerprint density at radius 2 is 2.19 bits per heavy atom. The fourth-order valence-electron chi connectivity index (χ4n) is 2.74. The standard InChI is InChI=1S/C15H22N2O4/c1-10-9-16-6-7-17(10)14(15(18)19)12-5-4-11(20-2)8-13(12)21-3/h4-5,8,10,14,16H,6-7,9H2,1-3H3,(H,18,19). The van der Waals surface area contributed by atoms with E-state index in [0.29, 0.717) is 23.6 Å². The zero-order chi connectivity index (χ0) is 15.4. The van der Waals surface area contributed by atoms with Crippen LogP contribution in [-0.4, -0.2) is 55.9 Å². The highest BCUT2D eigenvalue weighted by Crippen LogP contribution is 2.34. The summed E-state index contributed by atoms with van der Waals surface area (Å²) in [5.41, 5.74) is 0.652.